The van der Waals surface area contributed by atoms with Gasteiger partial charge in [-0.3, -0.25) is 0 Å². The molecular formula is C12H17BrO4S. The zero-order valence-corrected chi connectivity index (χ0v) is 13.2. The van der Waals surface area contributed by atoms with E-state index < -0.39 is 15.1 Å². The molecular weight excluding hydrogens is 320 g/mol. The molecule has 0 saturated heterocycles. The molecule has 0 aliphatic rings. The molecule has 0 aliphatic heterocycles. The van der Waals surface area contributed by atoms with Gasteiger partial charge in [-0.15, -0.1) is 0 Å². The first kappa shape index (κ1) is 15.3. The molecule has 2 atom stereocenters. The van der Waals surface area contributed by atoms with Crippen molar-refractivity contribution in [3.63, 3.8) is 0 Å². The second-order valence-corrected chi connectivity index (χ2v) is 7.43. The van der Waals surface area contributed by atoms with Crippen LogP contribution in [0.1, 0.15) is 17.3 Å². The fourth-order valence-electron chi connectivity index (χ4n) is 1.52. The molecule has 18 heavy (non-hydrogen) atoms. The minimum absolute atomic E-state index is 0.326. The predicted octanol–water partition coefficient (Wildman–Crippen LogP) is 2.57. The minimum Gasteiger partial charge on any atom is -0.497 e. The van der Waals surface area contributed by atoms with E-state index in [0.717, 1.165) is 5.56 Å². The highest BCUT2D eigenvalue weighted by Crippen LogP contribution is 2.37. The molecule has 0 amide bonds. The summed E-state index contributed by atoms with van der Waals surface area (Å²) in [4.78, 5) is -0.326. The number of halogens is 1. The van der Waals surface area contributed by atoms with Crippen molar-refractivity contribution in [2.45, 2.75) is 17.0 Å². The van der Waals surface area contributed by atoms with Crippen LogP contribution >= 0.6 is 15.9 Å². The van der Waals surface area contributed by atoms with E-state index >= 15 is 0 Å². The molecule has 1 aromatic rings. The average molecular weight is 337 g/mol. The molecule has 0 aliphatic carbocycles. The largest absolute Gasteiger partial charge is 0.497 e. The summed E-state index contributed by atoms with van der Waals surface area (Å²) in [5.41, 5.74) is 0.788. The molecule has 0 radical (unpaired) electrons. The Bertz CT molecular complexity index is 513. The van der Waals surface area contributed by atoms with Gasteiger partial charge in [0.05, 0.1) is 24.3 Å². The first-order chi connectivity index (χ1) is 8.31. The van der Waals surface area contributed by atoms with Crippen LogP contribution in [0.25, 0.3) is 0 Å². The summed E-state index contributed by atoms with van der Waals surface area (Å²) in [6, 6.07) is 5.32. The number of hydrogen-bond acceptors (Lipinski definition) is 4. The normalized spacial score (nSPS) is 14.9. The van der Waals surface area contributed by atoms with Crippen molar-refractivity contribution in [1.29, 1.82) is 0 Å². The van der Waals surface area contributed by atoms with Crippen LogP contribution in [0.4, 0.5) is 0 Å². The molecule has 0 spiro atoms. The summed E-state index contributed by atoms with van der Waals surface area (Å²) in [5, 5.41) is -0.542. The van der Waals surface area contributed by atoms with Crippen molar-refractivity contribution in [3.05, 3.63) is 23.8 Å². The highest BCUT2D eigenvalue weighted by molar-refractivity contribution is 9.09. The number of hydrogen-bond donors (Lipinski definition) is 0. The third-order valence-corrected chi connectivity index (χ3v) is 6.08. The van der Waals surface area contributed by atoms with Gasteiger partial charge in [-0.1, -0.05) is 22.0 Å². The number of methoxy groups -OCH3 is 2. The standard InChI is InChI=1S/C12H17BrO4S/c1-8(18(4,14)15)12(13)10-6-5-9(16-2)7-11(10)17-3/h5-8,12H,1-4H3. The van der Waals surface area contributed by atoms with Crippen LogP contribution in [0.15, 0.2) is 18.2 Å². The lowest BCUT2D eigenvalue weighted by molar-refractivity contribution is 0.391. The smallest absolute Gasteiger partial charge is 0.151 e. The molecule has 1 aromatic carbocycles. The maximum atomic E-state index is 11.6. The van der Waals surface area contributed by atoms with Gasteiger partial charge in [-0.05, 0) is 13.0 Å². The van der Waals surface area contributed by atoms with Crippen LogP contribution in [0, 0.1) is 0 Å². The van der Waals surface area contributed by atoms with Gasteiger partial charge < -0.3 is 9.47 Å². The van der Waals surface area contributed by atoms with Crippen LogP contribution < -0.4 is 9.47 Å². The Morgan fingerprint density at radius 2 is 1.83 bits per heavy atom. The van der Waals surface area contributed by atoms with Crippen molar-refractivity contribution in [3.8, 4) is 11.5 Å². The fourth-order valence-corrected chi connectivity index (χ4v) is 3.65. The summed E-state index contributed by atoms with van der Waals surface area (Å²) in [6.07, 6.45) is 1.22. The van der Waals surface area contributed by atoms with Crippen molar-refractivity contribution in [2.75, 3.05) is 20.5 Å². The van der Waals surface area contributed by atoms with Gasteiger partial charge in [-0.25, -0.2) is 8.42 Å². The number of ether oxygens (including phenoxy) is 2. The summed E-state index contributed by atoms with van der Waals surface area (Å²) < 4.78 is 33.5. The summed E-state index contributed by atoms with van der Waals surface area (Å²) in [5.74, 6) is 1.27. The molecule has 0 saturated carbocycles. The van der Waals surface area contributed by atoms with Crippen molar-refractivity contribution >= 4 is 25.8 Å². The van der Waals surface area contributed by atoms with Crippen molar-refractivity contribution < 1.29 is 17.9 Å². The SMILES string of the molecule is COc1ccc(C(Br)C(C)S(C)(=O)=O)c(OC)c1. The molecule has 0 bridgehead atoms. The van der Waals surface area contributed by atoms with Gasteiger partial charge in [0, 0.05) is 17.9 Å². The zero-order valence-electron chi connectivity index (χ0n) is 10.8. The summed E-state index contributed by atoms with van der Waals surface area (Å²) >= 11 is 3.43. The molecule has 6 heteroatoms. The van der Waals surface area contributed by atoms with Gasteiger partial charge >= 0.3 is 0 Å². The highest BCUT2D eigenvalue weighted by atomic mass is 79.9. The van der Waals surface area contributed by atoms with E-state index in [4.69, 9.17) is 9.47 Å². The molecule has 102 valence electrons. The third kappa shape index (κ3) is 3.38. The number of alkyl halides is 1. The molecule has 0 N–H and O–H groups in total. The van der Waals surface area contributed by atoms with E-state index in [1.807, 2.05) is 0 Å². The van der Waals surface area contributed by atoms with E-state index in [1.54, 1.807) is 39.3 Å². The lowest BCUT2D eigenvalue weighted by Gasteiger charge is -2.19. The maximum Gasteiger partial charge on any atom is 0.151 e. The second kappa shape index (κ2) is 5.93. The summed E-state index contributed by atoms with van der Waals surface area (Å²) in [7, 11) is -0.0112. The maximum absolute atomic E-state index is 11.6. The van der Waals surface area contributed by atoms with E-state index in [9.17, 15) is 8.42 Å². The van der Waals surface area contributed by atoms with Crippen molar-refractivity contribution in [2.24, 2.45) is 0 Å². The Kier molecular flexibility index (Phi) is 5.04. The molecule has 0 fully saturated rings. The number of sulfone groups is 1. The van der Waals surface area contributed by atoms with E-state index in [-0.39, 0.29) is 4.83 Å². The van der Waals surface area contributed by atoms with Crippen LogP contribution in [-0.4, -0.2) is 34.1 Å². The molecule has 0 heterocycles. The van der Waals surface area contributed by atoms with Gasteiger partial charge in [0.15, 0.2) is 9.84 Å². The van der Waals surface area contributed by atoms with Gasteiger partial charge in [0.2, 0.25) is 0 Å². The Morgan fingerprint density at radius 1 is 1.22 bits per heavy atom. The van der Waals surface area contributed by atoms with Crippen LogP contribution in [0.3, 0.4) is 0 Å². The van der Waals surface area contributed by atoms with Gasteiger partial charge in [0.25, 0.3) is 0 Å². The average Bonchev–Trinajstić information content (AvgIpc) is 2.35. The number of benzene rings is 1. The Morgan fingerprint density at radius 3 is 2.28 bits per heavy atom. The molecule has 0 aromatic heterocycles. The number of rotatable bonds is 5. The van der Waals surface area contributed by atoms with Crippen molar-refractivity contribution in [1.82, 2.24) is 0 Å². The Labute approximate surface area is 116 Å². The molecule has 1 rings (SSSR count). The predicted molar refractivity (Wildman–Crippen MR) is 75.5 cm³/mol. The fraction of sp³-hybridized carbons (Fsp3) is 0.500. The topological polar surface area (TPSA) is 52.6 Å². The van der Waals surface area contributed by atoms with E-state index in [2.05, 4.69) is 15.9 Å². The lowest BCUT2D eigenvalue weighted by Crippen LogP contribution is -2.21. The second-order valence-electron chi connectivity index (χ2n) is 4.04. The van der Waals surface area contributed by atoms with Crippen LogP contribution in [0.2, 0.25) is 0 Å². The van der Waals surface area contributed by atoms with Gasteiger partial charge in [-0.2, -0.15) is 0 Å². The first-order valence-corrected chi connectivity index (χ1v) is 8.23. The van der Waals surface area contributed by atoms with E-state index in [1.165, 1.54) is 6.26 Å². The monoisotopic (exact) mass is 336 g/mol. The quantitative estimate of drug-likeness (QED) is 0.775. The lowest BCUT2D eigenvalue weighted by atomic mass is 10.1. The summed E-state index contributed by atoms with van der Waals surface area (Å²) in [6.45, 7) is 1.67. The molecule has 4 nitrogen and oxygen atoms in total. The Hall–Kier alpha value is -0.750. The third-order valence-electron chi connectivity index (χ3n) is 2.83. The highest BCUT2D eigenvalue weighted by Gasteiger charge is 2.27. The Balaban J connectivity index is 3.17. The minimum atomic E-state index is -3.12. The van der Waals surface area contributed by atoms with Crippen LogP contribution in [0.5, 0.6) is 11.5 Å². The first-order valence-electron chi connectivity index (χ1n) is 5.36. The van der Waals surface area contributed by atoms with Crippen LogP contribution in [-0.2, 0) is 9.84 Å². The molecule has 2 unspecified atom stereocenters. The van der Waals surface area contributed by atoms with E-state index in [0.29, 0.717) is 11.5 Å². The zero-order chi connectivity index (χ0) is 13.9. The van der Waals surface area contributed by atoms with Gasteiger partial charge in [0.1, 0.15) is 11.5 Å².